The summed E-state index contributed by atoms with van der Waals surface area (Å²) in [4.78, 5) is 14.6. The first-order valence-electron chi connectivity index (χ1n) is 8.19. The van der Waals surface area contributed by atoms with Gasteiger partial charge in [0.1, 0.15) is 5.82 Å². The molecule has 25 heavy (non-hydrogen) atoms. The molecule has 0 spiro atoms. The highest BCUT2D eigenvalue weighted by atomic mass is 19.2. The Bertz CT molecular complexity index is 781. The highest BCUT2D eigenvalue weighted by Gasteiger charge is 2.31. The molecule has 0 aliphatic carbocycles. The molecule has 2 atom stereocenters. The molecule has 0 bridgehead atoms. The molecule has 2 aromatic carbocycles. The Hall–Kier alpha value is -2.34. The molecule has 0 saturated carbocycles. The predicted molar refractivity (Wildman–Crippen MR) is 88.5 cm³/mol. The summed E-state index contributed by atoms with van der Waals surface area (Å²) in [5.74, 6) is -3.09. The molecule has 1 saturated heterocycles. The van der Waals surface area contributed by atoms with E-state index in [1.54, 1.807) is 24.0 Å². The van der Waals surface area contributed by atoms with Crippen LogP contribution in [0.2, 0.25) is 0 Å². The molecule has 0 radical (unpaired) electrons. The van der Waals surface area contributed by atoms with Crippen LogP contribution in [0.15, 0.2) is 42.5 Å². The molecule has 1 fully saturated rings. The van der Waals surface area contributed by atoms with Crippen LogP contribution in [-0.4, -0.2) is 30.4 Å². The molecule has 132 valence electrons. The summed E-state index contributed by atoms with van der Waals surface area (Å²) >= 11 is 0. The van der Waals surface area contributed by atoms with Crippen molar-refractivity contribution in [2.75, 3.05) is 19.6 Å². The molecule has 1 aliphatic rings. The van der Waals surface area contributed by atoms with Gasteiger partial charge in [-0.15, -0.1) is 0 Å². The van der Waals surface area contributed by atoms with Crippen LogP contribution in [0.3, 0.4) is 0 Å². The monoisotopic (exact) mass is 348 g/mol. The molecule has 1 aliphatic heterocycles. The highest BCUT2D eigenvalue weighted by Crippen LogP contribution is 2.28. The van der Waals surface area contributed by atoms with Crippen LogP contribution in [0.5, 0.6) is 0 Å². The molecule has 2 aromatic rings. The van der Waals surface area contributed by atoms with Gasteiger partial charge in [-0.25, -0.2) is 13.2 Å². The summed E-state index contributed by atoms with van der Waals surface area (Å²) < 4.78 is 40.2. The minimum absolute atomic E-state index is 0.193. The van der Waals surface area contributed by atoms with Gasteiger partial charge in [0.05, 0.1) is 12.0 Å². The highest BCUT2D eigenvalue weighted by molar-refractivity contribution is 5.84. The number of piperazine rings is 1. The van der Waals surface area contributed by atoms with Gasteiger partial charge in [-0.05, 0) is 42.3 Å². The zero-order valence-corrected chi connectivity index (χ0v) is 13.8. The maximum absolute atomic E-state index is 13.6. The Morgan fingerprint density at radius 2 is 1.96 bits per heavy atom. The molecular formula is C19H19F3N2O. The third-order valence-electron chi connectivity index (χ3n) is 4.57. The van der Waals surface area contributed by atoms with Crippen molar-refractivity contribution in [2.45, 2.75) is 18.9 Å². The first kappa shape index (κ1) is 17.5. The van der Waals surface area contributed by atoms with Crippen molar-refractivity contribution in [3.05, 3.63) is 71.0 Å². The van der Waals surface area contributed by atoms with E-state index < -0.39 is 17.6 Å². The molecule has 2 unspecified atom stereocenters. The van der Waals surface area contributed by atoms with E-state index in [2.05, 4.69) is 5.32 Å². The topological polar surface area (TPSA) is 32.3 Å². The average Bonchev–Trinajstić information content (AvgIpc) is 2.63. The molecule has 6 heteroatoms. The van der Waals surface area contributed by atoms with Gasteiger partial charge in [0.25, 0.3) is 0 Å². The van der Waals surface area contributed by atoms with Crippen LogP contribution in [0, 0.1) is 17.5 Å². The van der Waals surface area contributed by atoms with Gasteiger partial charge < -0.3 is 10.2 Å². The number of nitrogens with zero attached hydrogens (tertiary/aromatic N) is 1. The second-order valence-corrected chi connectivity index (χ2v) is 6.20. The summed E-state index contributed by atoms with van der Waals surface area (Å²) in [6.45, 7) is 3.27. The molecule has 1 heterocycles. The van der Waals surface area contributed by atoms with Crippen LogP contribution in [-0.2, 0) is 4.79 Å². The van der Waals surface area contributed by atoms with E-state index in [0.717, 1.165) is 12.1 Å². The second kappa shape index (κ2) is 7.27. The number of benzene rings is 2. The second-order valence-electron chi connectivity index (χ2n) is 6.20. The van der Waals surface area contributed by atoms with Crippen LogP contribution in [0.25, 0.3) is 0 Å². The van der Waals surface area contributed by atoms with Crippen molar-refractivity contribution in [3.63, 3.8) is 0 Å². The van der Waals surface area contributed by atoms with E-state index in [1.807, 2.05) is 0 Å². The molecular weight excluding hydrogens is 329 g/mol. The Balaban J connectivity index is 1.86. The lowest BCUT2D eigenvalue weighted by atomic mass is 9.96. The number of hydrogen-bond donors (Lipinski definition) is 1. The van der Waals surface area contributed by atoms with E-state index in [9.17, 15) is 18.0 Å². The Kier molecular flexibility index (Phi) is 5.08. The summed E-state index contributed by atoms with van der Waals surface area (Å²) in [5, 5.41) is 3.21. The lowest BCUT2D eigenvalue weighted by Gasteiger charge is -2.38. The van der Waals surface area contributed by atoms with Crippen molar-refractivity contribution in [3.8, 4) is 0 Å². The maximum atomic E-state index is 13.6. The zero-order valence-electron chi connectivity index (χ0n) is 13.8. The number of carbonyl (C=O) groups is 1. The van der Waals surface area contributed by atoms with Crippen molar-refractivity contribution in [2.24, 2.45) is 0 Å². The van der Waals surface area contributed by atoms with Crippen molar-refractivity contribution in [1.82, 2.24) is 10.2 Å². The molecule has 1 N–H and O–H groups in total. The van der Waals surface area contributed by atoms with Crippen LogP contribution in [0.4, 0.5) is 13.2 Å². The normalized spacial score (nSPS) is 18.9. The van der Waals surface area contributed by atoms with Crippen LogP contribution in [0.1, 0.15) is 30.0 Å². The first-order valence-corrected chi connectivity index (χ1v) is 8.19. The predicted octanol–water partition coefficient (Wildman–Crippen LogP) is 3.38. The molecule has 0 aromatic heterocycles. The van der Waals surface area contributed by atoms with Crippen molar-refractivity contribution in [1.29, 1.82) is 0 Å². The van der Waals surface area contributed by atoms with E-state index in [4.69, 9.17) is 0 Å². The number of rotatable bonds is 3. The minimum Gasteiger partial charge on any atom is -0.333 e. The zero-order chi connectivity index (χ0) is 18.0. The van der Waals surface area contributed by atoms with Gasteiger partial charge in [-0.1, -0.05) is 18.2 Å². The summed E-state index contributed by atoms with van der Waals surface area (Å²) in [6, 6.07) is 9.36. The van der Waals surface area contributed by atoms with E-state index >= 15 is 0 Å². The lowest BCUT2D eigenvalue weighted by molar-refractivity contribution is -0.135. The summed E-state index contributed by atoms with van der Waals surface area (Å²) in [7, 11) is 0. The Labute approximate surface area is 144 Å². The van der Waals surface area contributed by atoms with E-state index in [-0.39, 0.29) is 17.8 Å². The Morgan fingerprint density at radius 1 is 1.16 bits per heavy atom. The van der Waals surface area contributed by atoms with Crippen molar-refractivity contribution >= 4 is 5.91 Å². The fourth-order valence-electron chi connectivity index (χ4n) is 3.15. The van der Waals surface area contributed by atoms with Gasteiger partial charge in [0.2, 0.25) is 5.91 Å². The molecule has 1 amide bonds. The van der Waals surface area contributed by atoms with Gasteiger partial charge in [-0.3, -0.25) is 4.79 Å². The fourth-order valence-corrected chi connectivity index (χ4v) is 3.15. The van der Waals surface area contributed by atoms with E-state index in [0.29, 0.717) is 30.8 Å². The fraction of sp³-hybridized carbons (Fsp3) is 0.316. The average molecular weight is 348 g/mol. The molecule has 3 nitrogen and oxygen atoms in total. The summed E-state index contributed by atoms with van der Waals surface area (Å²) in [5.41, 5.74) is 1.12. The Morgan fingerprint density at radius 3 is 2.68 bits per heavy atom. The molecule has 3 rings (SSSR count). The first-order chi connectivity index (χ1) is 12.0. The van der Waals surface area contributed by atoms with Crippen LogP contribution < -0.4 is 5.32 Å². The number of nitrogens with one attached hydrogen (secondary N) is 1. The number of carbonyl (C=O) groups excluding carboxylic acids is 1. The standard InChI is InChI=1S/C19H19F3N2O/c1-12(13-5-6-16(21)17(22)10-13)19(25)24-8-7-23-11-18(24)14-3-2-4-15(20)9-14/h2-6,9-10,12,18,23H,7-8,11H2,1H3. The maximum Gasteiger partial charge on any atom is 0.230 e. The SMILES string of the molecule is CC(C(=O)N1CCNCC1c1cccc(F)c1)c1ccc(F)c(F)c1. The lowest BCUT2D eigenvalue weighted by Crippen LogP contribution is -2.49. The third kappa shape index (κ3) is 3.69. The van der Waals surface area contributed by atoms with Crippen molar-refractivity contribution < 1.29 is 18.0 Å². The quantitative estimate of drug-likeness (QED) is 0.922. The van der Waals surface area contributed by atoms with Gasteiger partial charge in [-0.2, -0.15) is 0 Å². The van der Waals surface area contributed by atoms with Gasteiger partial charge in [0, 0.05) is 19.6 Å². The third-order valence-corrected chi connectivity index (χ3v) is 4.57. The number of halogens is 3. The number of amides is 1. The van der Waals surface area contributed by atoms with Gasteiger partial charge in [0.15, 0.2) is 11.6 Å². The van der Waals surface area contributed by atoms with E-state index in [1.165, 1.54) is 18.2 Å². The smallest absolute Gasteiger partial charge is 0.230 e. The summed E-state index contributed by atoms with van der Waals surface area (Å²) in [6.07, 6.45) is 0. The number of hydrogen-bond acceptors (Lipinski definition) is 2. The van der Waals surface area contributed by atoms with Crippen LogP contribution >= 0.6 is 0 Å². The minimum atomic E-state index is -0.973. The largest absolute Gasteiger partial charge is 0.333 e. The van der Waals surface area contributed by atoms with Gasteiger partial charge >= 0.3 is 0 Å².